The molecule has 2 heteroatoms. The third-order valence-electron chi connectivity index (χ3n) is 0.224. The van der Waals surface area contributed by atoms with Crippen LogP contribution in [-0.4, -0.2) is 11.7 Å². The van der Waals surface area contributed by atoms with Crippen molar-refractivity contribution in [1.29, 1.82) is 0 Å². The van der Waals surface area contributed by atoms with Crippen molar-refractivity contribution in [2.75, 3.05) is 6.61 Å². The van der Waals surface area contributed by atoms with E-state index in [2.05, 4.69) is 6.65 Å². The van der Waals surface area contributed by atoms with Gasteiger partial charge in [-0.1, -0.05) is 21.8 Å². The van der Waals surface area contributed by atoms with Crippen LogP contribution in [0.3, 0.4) is 0 Å². The minimum absolute atomic E-state index is 0. The third kappa shape index (κ3) is 257. The van der Waals surface area contributed by atoms with Gasteiger partial charge >= 0.3 is 11.3 Å². The zero-order valence-electron chi connectivity index (χ0n) is 3.77. The molecule has 0 aliphatic rings. The molecule has 0 bridgehead atoms. The summed E-state index contributed by atoms with van der Waals surface area (Å²) in [7, 11) is 0. The molecule has 1 N–H and O–H groups in total. The Labute approximate surface area is 53.7 Å². The van der Waals surface area contributed by atoms with E-state index in [1.165, 1.54) is 0 Å². The van der Waals surface area contributed by atoms with Crippen molar-refractivity contribution in [2.45, 2.75) is 28.2 Å². The fraction of sp³-hybridized carbons (Fsp3) is 0.833. The Kier molecular flexibility index (Phi) is 238. The summed E-state index contributed by atoms with van der Waals surface area (Å²) in [4.78, 5) is 0. The molecule has 0 spiro atoms. The van der Waals surface area contributed by atoms with E-state index in [-0.39, 0.29) is 16.3 Å². The molecule has 0 atom stereocenters. The Hall–Kier alpha value is -0.300. The maximum absolute atomic E-state index is 7.88. The first-order valence-corrected chi connectivity index (χ1v) is 1.73. The van der Waals surface area contributed by atoms with Crippen molar-refractivity contribution in [2.24, 2.45) is 0 Å². The topological polar surface area (TPSA) is 40.1 Å². The Balaban J connectivity index is -0.00000000990. The average molecular weight is 122 g/mol. The molecule has 0 aliphatic heterocycles. The molecule has 0 rings (SSSR count). The molecule has 0 saturated heterocycles. The zero-order chi connectivity index (χ0) is 5.41. The second kappa shape index (κ2) is 75.3. The summed E-state index contributed by atoms with van der Waals surface area (Å²) >= 11 is 0. The van der Waals surface area contributed by atoms with Crippen molar-refractivity contribution in [3.63, 3.8) is 0 Å². The summed E-state index contributed by atoms with van der Waals surface area (Å²) in [5.74, 6) is 0. The van der Waals surface area contributed by atoms with Gasteiger partial charge in [-0.2, -0.15) is 0 Å². The van der Waals surface area contributed by atoms with Crippen LogP contribution in [0.25, 0.3) is 0 Å². The van der Waals surface area contributed by atoms with E-state index in [0.717, 1.165) is 6.42 Å². The number of rotatable bonds is 1. The van der Waals surface area contributed by atoms with Crippen LogP contribution < -0.4 is 0 Å². The molecule has 0 amide bonds. The first-order chi connectivity index (χ1) is 2.91. The smallest absolute Gasteiger partial charge is 0 e. The molecular formula is C6H18O2. The van der Waals surface area contributed by atoms with E-state index >= 15 is 0 Å². The van der Waals surface area contributed by atoms with Crippen LogP contribution in [-0.2, 0) is 4.65 Å². The second-order valence-electron chi connectivity index (χ2n) is 0.724. The van der Waals surface area contributed by atoms with E-state index in [0.29, 0.717) is 6.61 Å². The van der Waals surface area contributed by atoms with Crippen molar-refractivity contribution in [3.8, 4) is 0 Å². The molecule has 0 radical (unpaired) electrons. The second-order valence-corrected chi connectivity index (χ2v) is 0.724. The molecule has 0 aromatic carbocycles. The summed E-state index contributed by atoms with van der Waals surface area (Å²) in [5, 5.41) is 7.88. The van der Waals surface area contributed by atoms with Crippen LogP contribution in [0.5, 0.6) is 0 Å². The maximum Gasteiger partial charge on any atom is 0 e. The summed E-state index contributed by atoms with van der Waals surface area (Å²) in [6, 6.07) is 0. The summed E-state index contributed by atoms with van der Waals surface area (Å²) in [6.07, 6.45) is 0.875. The molecule has 2 nitrogen and oxygen atoms in total. The van der Waals surface area contributed by atoms with Gasteiger partial charge in [-0.05, 0) is 6.42 Å². The van der Waals surface area contributed by atoms with Gasteiger partial charge in [-0.15, -0.1) is 0 Å². The van der Waals surface area contributed by atoms with E-state index in [1.807, 2.05) is 6.92 Å². The average Bonchev–Trinajstić information content (AvgIpc) is 1.72. The first-order valence-electron chi connectivity index (χ1n) is 1.73. The predicted octanol–water partition coefficient (Wildman–Crippen LogP) is 1.87. The van der Waals surface area contributed by atoms with E-state index in [1.54, 1.807) is 0 Å². The Morgan fingerprint density at radius 3 is 1.62 bits per heavy atom. The number of aliphatic hydroxyl groups is 1. The normalized spacial score (nSPS) is 4.00. The van der Waals surface area contributed by atoms with Crippen LogP contribution in [0.15, 0.2) is 0 Å². The molecule has 0 fully saturated rings. The van der Waals surface area contributed by atoms with Crippen molar-refractivity contribution < 1.29 is 11.2 Å². The summed E-state index contributed by atoms with van der Waals surface area (Å²) < 4.78 is 7.50. The summed E-state index contributed by atoms with van der Waals surface area (Å²) in [6.45, 7) is 6.75. The zero-order valence-corrected chi connectivity index (χ0v) is 3.77. The van der Waals surface area contributed by atoms with Crippen LogP contribution in [0.2, 0.25) is 0 Å². The van der Waals surface area contributed by atoms with Crippen molar-refractivity contribution >= 4 is 0 Å². The molecule has 0 aromatic rings. The van der Waals surface area contributed by atoms with Crippen molar-refractivity contribution in [1.82, 2.24) is 0 Å². The molecule has 54 valence electrons. The van der Waals surface area contributed by atoms with Gasteiger partial charge in [0.25, 0.3) is 0 Å². The molecular weight excluding hydrogens is 104 g/mol. The quantitative estimate of drug-likeness (QED) is 0.418. The van der Waals surface area contributed by atoms with Crippen LogP contribution in [0.1, 0.15) is 29.6 Å². The van der Waals surface area contributed by atoms with Gasteiger partial charge in [0, 0.05) is 8.03 Å². The number of hydrogen-bond acceptors (Lipinski definition) is 1. The van der Waals surface area contributed by atoms with Crippen LogP contribution >= 0.6 is 0 Å². The molecule has 0 heterocycles. The minimum atomic E-state index is 0. The standard InChI is InChI=1S/C3H8O.CO.2CH4.H2/c1-2-3-4;1-2;;;/h4H,2-3H2,1H3;;2*1H4;1H. The largest absolute Gasteiger partial charge is 0 e. The first kappa shape index (κ1) is 25.2. The van der Waals surface area contributed by atoms with E-state index < -0.39 is 0 Å². The van der Waals surface area contributed by atoms with Gasteiger partial charge < -0.3 is 5.11 Å². The molecule has 0 saturated carbocycles. The van der Waals surface area contributed by atoms with E-state index in [4.69, 9.17) is 9.76 Å². The number of aliphatic hydroxyl groups excluding tert-OH is 1. The van der Waals surface area contributed by atoms with Gasteiger partial charge in [0.1, 0.15) is 0 Å². The van der Waals surface area contributed by atoms with Crippen LogP contribution in [0.4, 0.5) is 0 Å². The fourth-order valence-corrected chi connectivity index (χ4v) is 0. The maximum atomic E-state index is 7.88. The minimum Gasteiger partial charge on any atom is 0 e. The Morgan fingerprint density at radius 1 is 1.50 bits per heavy atom. The molecule has 8 heavy (non-hydrogen) atoms. The molecule has 0 aromatic heterocycles. The van der Waals surface area contributed by atoms with Crippen molar-refractivity contribution in [3.05, 3.63) is 6.65 Å². The van der Waals surface area contributed by atoms with Gasteiger partial charge in [0.2, 0.25) is 0 Å². The monoisotopic (exact) mass is 122 g/mol. The Bertz CT molecular complexity index is 27.5. The van der Waals surface area contributed by atoms with Gasteiger partial charge in [-0.25, -0.2) is 0 Å². The summed E-state index contributed by atoms with van der Waals surface area (Å²) in [5.41, 5.74) is 0. The van der Waals surface area contributed by atoms with Gasteiger partial charge in [-0.3, -0.25) is 0 Å². The van der Waals surface area contributed by atoms with Gasteiger partial charge in [0.05, 0.1) is 0 Å². The fourth-order valence-electron chi connectivity index (χ4n) is 0. The van der Waals surface area contributed by atoms with Crippen LogP contribution in [0, 0.1) is 6.65 Å². The SMILES string of the molecule is C.C.CCCO.[C-]#[O+].[HH]. The van der Waals surface area contributed by atoms with Gasteiger partial charge in [0.15, 0.2) is 0 Å². The Morgan fingerprint density at radius 2 is 1.62 bits per heavy atom. The molecule has 0 unspecified atom stereocenters. The number of hydrogen-bond donors (Lipinski definition) is 1. The molecule has 0 aliphatic carbocycles. The third-order valence-corrected chi connectivity index (χ3v) is 0.224. The predicted molar refractivity (Wildman–Crippen MR) is 36.9 cm³/mol. The van der Waals surface area contributed by atoms with E-state index in [9.17, 15) is 0 Å².